The Hall–Kier alpha value is -2.71. The molecule has 1 aliphatic heterocycles. The van der Waals surface area contributed by atoms with Crippen LogP contribution in [0.1, 0.15) is 34.3 Å². The van der Waals surface area contributed by atoms with Crippen molar-refractivity contribution >= 4 is 27.6 Å². The van der Waals surface area contributed by atoms with E-state index in [1.165, 1.54) is 28.6 Å². The van der Waals surface area contributed by atoms with Crippen LogP contribution in [0.15, 0.2) is 47.4 Å². The van der Waals surface area contributed by atoms with Gasteiger partial charge in [0.2, 0.25) is 10.0 Å². The van der Waals surface area contributed by atoms with E-state index in [0.717, 1.165) is 24.0 Å². The van der Waals surface area contributed by atoms with Crippen LogP contribution in [0, 0.1) is 13.8 Å². The third-order valence-corrected chi connectivity index (χ3v) is 6.67. The number of carbonyl (C=O) groups excluding carboxylic acids is 2. The van der Waals surface area contributed by atoms with Gasteiger partial charge >= 0.3 is 5.97 Å². The molecule has 0 radical (unpaired) electrons. The fraction of sp³-hybridized carbons (Fsp3) is 0.333. The quantitative estimate of drug-likeness (QED) is 0.731. The molecule has 1 aliphatic rings. The minimum Gasteiger partial charge on any atom is -0.452 e. The number of hydrogen-bond acceptors (Lipinski definition) is 5. The summed E-state index contributed by atoms with van der Waals surface area (Å²) in [5.74, 6) is -1.22. The van der Waals surface area contributed by atoms with Gasteiger partial charge in [-0.05, 0) is 62.1 Å². The Labute approximate surface area is 170 Å². The molecular formula is C21H24N2O5S. The molecule has 8 heteroatoms. The van der Waals surface area contributed by atoms with Crippen molar-refractivity contribution in [2.24, 2.45) is 0 Å². The highest BCUT2D eigenvalue weighted by atomic mass is 32.2. The Bertz CT molecular complexity index is 1030. The molecule has 0 aliphatic carbocycles. The van der Waals surface area contributed by atoms with Crippen LogP contribution in [0.2, 0.25) is 0 Å². The Morgan fingerprint density at radius 2 is 1.79 bits per heavy atom. The second kappa shape index (κ2) is 8.75. The van der Waals surface area contributed by atoms with Gasteiger partial charge < -0.3 is 10.1 Å². The molecule has 0 aromatic heterocycles. The number of hydrogen-bond donors (Lipinski definition) is 1. The van der Waals surface area contributed by atoms with Gasteiger partial charge in [-0.1, -0.05) is 18.2 Å². The van der Waals surface area contributed by atoms with Gasteiger partial charge in [0, 0.05) is 18.8 Å². The van der Waals surface area contributed by atoms with Crippen LogP contribution in [0.4, 0.5) is 5.69 Å². The van der Waals surface area contributed by atoms with Gasteiger partial charge in [0.15, 0.2) is 6.61 Å². The molecule has 3 rings (SSSR count). The van der Waals surface area contributed by atoms with E-state index in [2.05, 4.69) is 5.32 Å². The van der Waals surface area contributed by atoms with Gasteiger partial charge in [-0.25, -0.2) is 13.2 Å². The average Bonchev–Trinajstić information content (AvgIpc) is 3.25. The van der Waals surface area contributed by atoms with E-state index in [1.807, 2.05) is 32.0 Å². The number of esters is 1. The molecule has 154 valence electrons. The van der Waals surface area contributed by atoms with Gasteiger partial charge in [-0.15, -0.1) is 0 Å². The number of aryl methyl sites for hydroxylation is 2. The molecule has 0 unspecified atom stereocenters. The smallest absolute Gasteiger partial charge is 0.338 e. The number of amides is 1. The topological polar surface area (TPSA) is 92.8 Å². The minimum absolute atomic E-state index is 0.0497. The molecule has 0 spiro atoms. The number of carbonyl (C=O) groups is 2. The van der Waals surface area contributed by atoms with Crippen molar-refractivity contribution in [2.75, 3.05) is 25.0 Å². The Balaban J connectivity index is 1.63. The maximum Gasteiger partial charge on any atom is 0.338 e. The van der Waals surface area contributed by atoms with Gasteiger partial charge in [-0.3, -0.25) is 4.79 Å². The van der Waals surface area contributed by atoms with Gasteiger partial charge in [0.25, 0.3) is 5.91 Å². The summed E-state index contributed by atoms with van der Waals surface area (Å²) < 4.78 is 31.8. The molecule has 1 saturated heterocycles. The van der Waals surface area contributed by atoms with Crippen LogP contribution in [0.25, 0.3) is 0 Å². The lowest BCUT2D eigenvalue weighted by molar-refractivity contribution is -0.119. The number of nitrogens with one attached hydrogen (secondary N) is 1. The van der Waals surface area contributed by atoms with Crippen LogP contribution in [-0.2, 0) is 19.6 Å². The second-order valence-electron chi connectivity index (χ2n) is 7.08. The lowest BCUT2D eigenvalue weighted by Gasteiger charge is -2.15. The van der Waals surface area contributed by atoms with Crippen LogP contribution in [0.5, 0.6) is 0 Å². The van der Waals surface area contributed by atoms with Crippen molar-refractivity contribution in [3.05, 3.63) is 59.2 Å². The first-order valence-electron chi connectivity index (χ1n) is 9.42. The number of rotatable bonds is 6. The standard InChI is InChI=1S/C21H24N2O5S/c1-15-8-9-16(2)19(12-15)22-20(24)14-28-21(25)17-6-5-7-18(13-17)29(26,27)23-10-3-4-11-23/h5-9,12-13H,3-4,10-11,14H2,1-2H3,(H,22,24). The molecule has 0 bridgehead atoms. The zero-order chi connectivity index (χ0) is 21.0. The maximum atomic E-state index is 12.6. The third kappa shape index (κ3) is 5.02. The Morgan fingerprint density at radius 1 is 1.07 bits per heavy atom. The normalized spacial score (nSPS) is 14.6. The molecule has 1 N–H and O–H groups in total. The largest absolute Gasteiger partial charge is 0.452 e. The van der Waals surface area contributed by atoms with E-state index in [4.69, 9.17) is 4.74 Å². The summed E-state index contributed by atoms with van der Waals surface area (Å²) in [6, 6.07) is 11.4. The van der Waals surface area contributed by atoms with Crippen LogP contribution in [-0.4, -0.2) is 44.3 Å². The monoisotopic (exact) mass is 416 g/mol. The van der Waals surface area contributed by atoms with Crippen molar-refractivity contribution in [1.82, 2.24) is 4.31 Å². The summed E-state index contributed by atoms with van der Waals surface area (Å²) in [5, 5.41) is 2.71. The number of anilines is 1. The summed E-state index contributed by atoms with van der Waals surface area (Å²) in [6.45, 7) is 4.28. The fourth-order valence-electron chi connectivity index (χ4n) is 3.13. The van der Waals surface area contributed by atoms with Gasteiger partial charge in [0.1, 0.15) is 0 Å². The number of nitrogens with zero attached hydrogens (tertiary/aromatic N) is 1. The van der Waals surface area contributed by atoms with Crippen molar-refractivity contribution in [3.63, 3.8) is 0 Å². The molecular weight excluding hydrogens is 392 g/mol. The van der Waals surface area contributed by atoms with E-state index in [-0.39, 0.29) is 10.5 Å². The SMILES string of the molecule is Cc1ccc(C)c(NC(=O)COC(=O)c2cccc(S(=O)(=O)N3CCCC3)c2)c1. The van der Waals surface area contributed by atoms with Gasteiger partial charge in [0.05, 0.1) is 10.5 Å². The van der Waals surface area contributed by atoms with Gasteiger partial charge in [-0.2, -0.15) is 4.31 Å². The van der Waals surface area contributed by atoms with Crippen molar-refractivity contribution < 1.29 is 22.7 Å². The molecule has 1 fully saturated rings. The van der Waals surface area contributed by atoms with Crippen LogP contribution >= 0.6 is 0 Å². The zero-order valence-electron chi connectivity index (χ0n) is 16.5. The maximum absolute atomic E-state index is 12.6. The number of ether oxygens (including phenoxy) is 1. The summed E-state index contributed by atoms with van der Waals surface area (Å²) in [7, 11) is -3.63. The molecule has 1 heterocycles. The second-order valence-corrected chi connectivity index (χ2v) is 9.02. The number of sulfonamides is 1. The summed E-state index contributed by atoms with van der Waals surface area (Å²) in [5.41, 5.74) is 2.64. The van der Waals surface area contributed by atoms with E-state index < -0.39 is 28.5 Å². The first-order valence-corrected chi connectivity index (χ1v) is 10.9. The fourth-order valence-corrected chi connectivity index (χ4v) is 4.70. The first-order chi connectivity index (χ1) is 13.8. The highest BCUT2D eigenvalue weighted by Crippen LogP contribution is 2.22. The Kier molecular flexibility index (Phi) is 6.34. The Morgan fingerprint density at radius 3 is 2.52 bits per heavy atom. The molecule has 0 atom stereocenters. The third-order valence-electron chi connectivity index (χ3n) is 4.77. The van der Waals surface area contributed by atoms with Crippen LogP contribution < -0.4 is 5.32 Å². The predicted octanol–water partition coefficient (Wildman–Crippen LogP) is 2.88. The van der Waals surface area contributed by atoms with E-state index in [0.29, 0.717) is 18.8 Å². The number of benzene rings is 2. The van der Waals surface area contributed by atoms with Crippen molar-refractivity contribution in [3.8, 4) is 0 Å². The molecule has 1 amide bonds. The lowest BCUT2D eigenvalue weighted by atomic mass is 10.1. The highest BCUT2D eigenvalue weighted by molar-refractivity contribution is 7.89. The zero-order valence-corrected chi connectivity index (χ0v) is 17.3. The van der Waals surface area contributed by atoms with E-state index >= 15 is 0 Å². The minimum atomic E-state index is -3.63. The summed E-state index contributed by atoms with van der Waals surface area (Å²) >= 11 is 0. The predicted molar refractivity (Wildman–Crippen MR) is 109 cm³/mol. The van der Waals surface area contributed by atoms with Crippen molar-refractivity contribution in [2.45, 2.75) is 31.6 Å². The lowest BCUT2D eigenvalue weighted by Crippen LogP contribution is -2.28. The van der Waals surface area contributed by atoms with E-state index in [1.54, 1.807) is 0 Å². The molecule has 0 saturated carbocycles. The molecule has 2 aromatic carbocycles. The first kappa shape index (κ1) is 21.0. The van der Waals surface area contributed by atoms with Crippen LogP contribution in [0.3, 0.4) is 0 Å². The highest BCUT2D eigenvalue weighted by Gasteiger charge is 2.27. The summed E-state index contributed by atoms with van der Waals surface area (Å²) in [4.78, 5) is 24.5. The molecule has 7 nitrogen and oxygen atoms in total. The molecule has 2 aromatic rings. The molecule has 29 heavy (non-hydrogen) atoms. The average molecular weight is 416 g/mol. The van der Waals surface area contributed by atoms with Crippen molar-refractivity contribution in [1.29, 1.82) is 0 Å². The van der Waals surface area contributed by atoms with E-state index in [9.17, 15) is 18.0 Å². The summed E-state index contributed by atoms with van der Waals surface area (Å²) in [6.07, 6.45) is 1.66.